The van der Waals surface area contributed by atoms with E-state index in [4.69, 9.17) is 4.74 Å². The minimum atomic E-state index is -3.20. The van der Waals surface area contributed by atoms with Crippen molar-refractivity contribution >= 4 is 21.4 Å². The van der Waals surface area contributed by atoms with Gasteiger partial charge in [-0.1, -0.05) is 18.2 Å². The molecule has 3 aromatic rings. The Kier molecular flexibility index (Phi) is 5.44. The van der Waals surface area contributed by atoms with Gasteiger partial charge in [-0.05, 0) is 48.2 Å². The second kappa shape index (κ2) is 8.04. The number of methoxy groups -OCH3 is 1. The summed E-state index contributed by atoms with van der Waals surface area (Å²) in [4.78, 5) is 0. The Morgan fingerprint density at radius 1 is 1.17 bits per heavy atom. The highest BCUT2D eigenvalue weighted by Gasteiger charge is 2.24. The second-order valence-corrected chi connectivity index (χ2v) is 9.41. The van der Waals surface area contributed by atoms with Crippen LogP contribution in [-0.2, 0) is 23.0 Å². The molecule has 1 aliphatic rings. The van der Waals surface area contributed by atoms with E-state index >= 15 is 0 Å². The Morgan fingerprint density at radius 3 is 2.77 bits per heavy atom. The number of sulfonamides is 1. The lowest BCUT2D eigenvalue weighted by Crippen LogP contribution is -2.35. The van der Waals surface area contributed by atoms with Crippen LogP contribution in [0.2, 0.25) is 0 Å². The summed E-state index contributed by atoms with van der Waals surface area (Å²) in [7, 11) is -1.59. The fourth-order valence-corrected chi connectivity index (χ4v) is 4.50. The number of nitrogens with zero attached hydrogens (tertiary/aromatic N) is 3. The Bertz CT molecular complexity index is 1190. The maximum Gasteiger partial charge on any atom is 0.211 e. The number of rotatable bonds is 5. The smallest absolute Gasteiger partial charge is 0.211 e. The van der Waals surface area contributed by atoms with E-state index in [1.807, 2.05) is 49.4 Å². The lowest BCUT2D eigenvalue weighted by Gasteiger charge is -2.28. The number of hydrogen-bond acceptors (Lipinski definition) is 6. The van der Waals surface area contributed by atoms with E-state index in [2.05, 4.69) is 15.5 Å². The molecule has 2 heterocycles. The lowest BCUT2D eigenvalue weighted by molar-refractivity contribution is 0.395. The molecule has 8 heteroatoms. The van der Waals surface area contributed by atoms with Gasteiger partial charge in [0.25, 0.3) is 0 Å². The summed E-state index contributed by atoms with van der Waals surface area (Å²) in [6.45, 7) is 2.93. The molecule has 30 heavy (non-hydrogen) atoms. The van der Waals surface area contributed by atoms with Crippen molar-refractivity contribution in [2.45, 2.75) is 19.9 Å². The van der Waals surface area contributed by atoms with Crippen molar-refractivity contribution in [3.05, 3.63) is 65.4 Å². The number of ether oxygens (including phenoxy) is 1. The van der Waals surface area contributed by atoms with Crippen molar-refractivity contribution in [3.63, 3.8) is 0 Å². The van der Waals surface area contributed by atoms with Crippen LogP contribution < -0.4 is 10.1 Å². The molecule has 156 valence electrons. The van der Waals surface area contributed by atoms with Crippen LogP contribution >= 0.6 is 0 Å². The summed E-state index contributed by atoms with van der Waals surface area (Å²) >= 11 is 0. The number of hydrogen-bond donors (Lipinski definition) is 1. The zero-order valence-corrected chi connectivity index (χ0v) is 18.0. The summed E-state index contributed by atoms with van der Waals surface area (Å²) in [5.74, 6) is 0.658. The number of fused-ring (bicyclic) bond motifs is 1. The van der Waals surface area contributed by atoms with Crippen molar-refractivity contribution in [2.24, 2.45) is 0 Å². The fraction of sp³-hybridized carbons (Fsp3) is 0.273. The monoisotopic (exact) mass is 424 g/mol. The topological polar surface area (TPSA) is 84.4 Å². The van der Waals surface area contributed by atoms with Crippen LogP contribution in [0, 0.1) is 6.92 Å². The maximum absolute atomic E-state index is 11.9. The van der Waals surface area contributed by atoms with Gasteiger partial charge in [-0.25, -0.2) is 8.42 Å². The molecular formula is C22H24N4O3S. The fourth-order valence-electron chi connectivity index (χ4n) is 3.71. The minimum Gasteiger partial charge on any atom is -0.495 e. The SMILES string of the molecule is COc1cnnc(-c2cc(Nc3cccc4c3CCN(S(C)(=O)=O)C4)ccc2C)c1. The third-order valence-corrected chi connectivity index (χ3v) is 6.61. The molecule has 0 radical (unpaired) electrons. The van der Waals surface area contributed by atoms with Gasteiger partial charge in [-0.15, -0.1) is 0 Å². The molecule has 0 unspecified atom stereocenters. The highest BCUT2D eigenvalue weighted by Crippen LogP contribution is 2.32. The summed E-state index contributed by atoms with van der Waals surface area (Å²) in [5, 5.41) is 11.8. The van der Waals surface area contributed by atoms with Gasteiger partial charge in [0.15, 0.2) is 0 Å². The zero-order valence-electron chi connectivity index (χ0n) is 17.2. The molecule has 0 aliphatic carbocycles. The maximum atomic E-state index is 11.9. The molecule has 0 fully saturated rings. The van der Waals surface area contributed by atoms with E-state index in [1.54, 1.807) is 13.3 Å². The molecule has 1 aromatic heterocycles. The van der Waals surface area contributed by atoms with E-state index in [0.29, 0.717) is 25.3 Å². The van der Waals surface area contributed by atoms with Gasteiger partial charge >= 0.3 is 0 Å². The molecule has 0 bridgehead atoms. The van der Waals surface area contributed by atoms with Crippen LogP contribution in [-0.4, -0.2) is 42.8 Å². The highest BCUT2D eigenvalue weighted by molar-refractivity contribution is 7.88. The first-order valence-electron chi connectivity index (χ1n) is 9.66. The average Bonchev–Trinajstić information content (AvgIpc) is 2.74. The molecule has 0 spiro atoms. The number of benzene rings is 2. The molecule has 0 atom stereocenters. The first-order chi connectivity index (χ1) is 14.3. The molecule has 1 N–H and O–H groups in total. The zero-order chi connectivity index (χ0) is 21.3. The Morgan fingerprint density at radius 2 is 2.00 bits per heavy atom. The van der Waals surface area contributed by atoms with Crippen molar-refractivity contribution in [2.75, 3.05) is 25.2 Å². The lowest BCUT2D eigenvalue weighted by atomic mass is 9.98. The van der Waals surface area contributed by atoms with Gasteiger partial charge < -0.3 is 10.1 Å². The number of aromatic nitrogens is 2. The van der Waals surface area contributed by atoms with Gasteiger partial charge in [0.2, 0.25) is 10.0 Å². The molecule has 0 amide bonds. The van der Waals surface area contributed by atoms with Crippen molar-refractivity contribution in [3.8, 4) is 17.0 Å². The Labute approximate surface area is 176 Å². The van der Waals surface area contributed by atoms with Crippen LogP contribution in [0.15, 0.2) is 48.7 Å². The predicted molar refractivity (Wildman–Crippen MR) is 117 cm³/mol. The first kappa shape index (κ1) is 20.3. The highest BCUT2D eigenvalue weighted by atomic mass is 32.2. The van der Waals surface area contributed by atoms with Gasteiger partial charge in [0, 0.05) is 36.1 Å². The summed E-state index contributed by atoms with van der Waals surface area (Å²) in [6.07, 6.45) is 3.51. The Hall–Kier alpha value is -2.97. The van der Waals surface area contributed by atoms with Gasteiger partial charge in [0.05, 0.1) is 25.3 Å². The van der Waals surface area contributed by atoms with Gasteiger partial charge in [0.1, 0.15) is 5.75 Å². The number of anilines is 2. The van der Waals surface area contributed by atoms with Crippen LogP contribution in [0.1, 0.15) is 16.7 Å². The largest absolute Gasteiger partial charge is 0.495 e. The summed E-state index contributed by atoms with van der Waals surface area (Å²) in [6, 6.07) is 13.9. The quantitative estimate of drug-likeness (QED) is 0.675. The Balaban J connectivity index is 1.65. The number of aryl methyl sites for hydroxylation is 1. The molecule has 0 saturated carbocycles. The summed E-state index contributed by atoms with van der Waals surface area (Å²) in [5.41, 5.74) is 6.91. The molecular weight excluding hydrogens is 400 g/mol. The van der Waals surface area contributed by atoms with E-state index in [9.17, 15) is 8.42 Å². The third kappa shape index (κ3) is 4.15. The normalized spacial score (nSPS) is 14.2. The van der Waals surface area contributed by atoms with E-state index < -0.39 is 10.0 Å². The predicted octanol–water partition coefficient (Wildman–Crippen LogP) is 3.52. The van der Waals surface area contributed by atoms with Crippen LogP contribution in [0.3, 0.4) is 0 Å². The van der Waals surface area contributed by atoms with Crippen molar-refractivity contribution in [1.82, 2.24) is 14.5 Å². The number of nitrogens with one attached hydrogen (secondary N) is 1. The van der Waals surface area contributed by atoms with Crippen molar-refractivity contribution in [1.29, 1.82) is 0 Å². The van der Waals surface area contributed by atoms with E-state index in [1.165, 1.54) is 10.6 Å². The molecule has 7 nitrogen and oxygen atoms in total. The van der Waals surface area contributed by atoms with E-state index in [0.717, 1.165) is 39.3 Å². The molecule has 0 saturated heterocycles. The van der Waals surface area contributed by atoms with Gasteiger partial charge in [-0.3, -0.25) is 0 Å². The third-order valence-electron chi connectivity index (χ3n) is 5.36. The first-order valence-corrected chi connectivity index (χ1v) is 11.5. The standard InChI is InChI=1S/C22H24N4O3S/c1-15-7-8-17(11-20(15)22-12-18(29-2)13-23-25-22)24-21-6-4-5-16-14-26(30(3,27)28)10-9-19(16)21/h4-8,11-13,24H,9-10,14H2,1-3H3. The van der Waals surface area contributed by atoms with Crippen LogP contribution in [0.25, 0.3) is 11.3 Å². The molecule has 2 aromatic carbocycles. The van der Waals surface area contributed by atoms with E-state index in [-0.39, 0.29) is 0 Å². The van der Waals surface area contributed by atoms with Gasteiger partial charge in [-0.2, -0.15) is 14.5 Å². The van der Waals surface area contributed by atoms with Crippen molar-refractivity contribution < 1.29 is 13.2 Å². The van der Waals surface area contributed by atoms with Crippen LogP contribution in [0.5, 0.6) is 5.75 Å². The minimum absolute atomic E-state index is 0.405. The summed E-state index contributed by atoms with van der Waals surface area (Å²) < 4.78 is 30.6. The average molecular weight is 425 g/mol. The van der Waals surface area contributed by atoms with Crippen LogP contribution in [0.4, 0.5) is 11.4 Å². The molecule has 1 aliphatic heterocycles. The second-order valence-electron chi connectivity index (χ2n) is 7.43. The molecule has 4 rings (SSSR count).